The summed E-state index contributed by atoms with van der Waals surface area (Å²) >= 11 is 0. The fourth-order valence-electron chi connectivity index (χ4n) is 1.64. The van der Waals surface area contributed by atoms with Crippen molar-refractivity contribution in [3.8, 4) is 0 Å². The van der Waals surface area contributed by atoms with Crippen molar-refractivity contribution in [3.63, 3.8) is 0 Å². The Hall–Kier alpha value is 0.270. The van der Waals surface area contributed by atoms with Crippen molar-refractivity contribution >= 4 is 13.5 Å². The zero-order valence-electron chi connectivity index (χ0n) is 9.88. The zero-order chi connectivity index (χ0) is 10.5. The molecule has 0 aliphatic heterocycles. The highest BCUT2D eigenvalue weighted by atomic mass is 32.1. The summed E-state index contributed by atoms with van der Waals surface area (Å²) in [6, 6.07) is 0. The quantitative estimate of drug-likeness (QED) is 0.541. The molecule has 0 radical (unpaired) electrons. The van der Waals surface area contributed by atoms with Crippen molar-refractivity contribution in [3.05, 3.63) is 0 Å². The lowest BCUT2D eigenvalue weighted by Crippen LogP contribution is -1.85. The van der Waals surface area contributed by atoms with Gasteiger partial charge in [-0.15, -0.1) is 0 Å². The number of hydrogen-bond acceptors (Lipinski definition) is 2. The van der Waals surface area contributed by atoms with Gasteiger partial charge in [-0.2, -0.15) is 13.5 Å². The standard InChI is InChI=1S/C12H26O2.H2S/c13-11-9-7-5-3-1-2-4-6-8-10-12-14;/h13-14H,1-12H2;1H2. The molecule has 3 heteroatoms. The SMILES string of the molecule is OCCCCCCCCCCCCO.S. The van der Waals surface area contributed by atoms with Crippen LogP contribution in [0, 0.1) is 0 Å². The number of unbranched alkanes of at least 4 members (excludes halogenated alkanes) is 9. The van der Waals surface area contributed by atoms with Crippen LogP contribution in [0.3, 0.4) is 0 Å². The van der Waals surface area contributed by atoms with Gasteiger partial charge in [0, 0.05) is 13.2 Å². The molecule has 0 spiro atoms. The Morgan fingerprint density at radius 2 is 0.600 bits per heavy atom. The molecule has 0 saturated heterocycles. The minimum absolute atomic E-state index is 0. The highest BCUT2D eigenvalue weighted by Crippen LogP contribution is 2.10. The lowest BCUT2D eigenvalue weighted by molar-refractivity contribution is 0.281. The van der Waals surface area contributed by atoms with E-state index in [1.807, 2.05) is 0 Å². The maximum Gasteiger partial charge on any atom is 0.0431 e. The molecular weight excluding hydrogens is 208 g/mol. The van der Waals surface area contributed by atoms with Crippen LogP contribution in [0.1, 0.15) is 64.2 Å². The van der Waals surface area contributed by atoms with Crippen LogP contribution in [0.5, 0.6) is 0 Å². The average Bonchev–Trinajstić information content (AvgIpc) is 2.21. The van der Waals surface area contributed by atoms with Crippen molar-refractivity contribution in [2.45, 2.75) is 64.2 Å². The van der Waals surface area contributed by atoms with E-state index in [-0.39, 0.29) is 13.5 Å². The molecule has 0 aliphatic rings. The van der Waals surface area contributed by atoms with E-state index in [1.165, 1.54) is 51.4 Å². The van der Waals surface area contributed by atoms with Crippen LogP contribution >= 0.6 is 13.5 Å². The van der Waals surface area contributed by atoms with Gasteiger partial charge in [-0.25, -0.2) is 0 Å². The van der Waals surface area contributed by atoms with E-state index >= 15 is 0 Å². The molecule has 0 aromatic heterocycles. The van der Waals surface area contributed by atoms with Gasteiger partial charge in [0.2, 0.25) is 0 Å². The number of aliphatic hydroxyl groups is 2. The van der Waals surface area contributed by atoms with Gasteiger partial charge in [0.25, 0.3) is 0 Å². The molecule has 2 N–H and O–H groups in total. The first-order valence-electron chi connectivity index (χ1n) is 6.13. The minimum Gasteiger partial charge on any atom is -0.396 e. The van der Waals surface area contributed by atoms with E-state index in [9.17, 15) is 0 Å². The minimum atomic E-state index is 0. The first-order chi connectivity index (χ1) is 6.91. The Balaban J connectivity index is 0. The van der Waals surface area contributed by atoms with Crippen molar-refractivity contribution in [1.29, 1.82) is 0 Å². The largest absolute Gasteiger partial charge is 0.396 e. The Labute approximate surface area is 102 Å². The van der Waals surface area contributed by atoms with E-state index in [1.54, 1.807) is 0 Å². The number of hydrogen-bond donors (Lipinski definition) is 2. The fraction of sp³-hybridized carbons (Fsp3) is 1.00. The molecule has 15 heavy (non-hydrogen) atoms. The molecule has 0 saturated carbocycles. The third-order valence-electron chi connectivity index (χ3n) is 2.57. The van der Waals surface area contributed by atoms with E-state index in [0.717, 1.165) is 12.8 Å². The lowest BCUT2D eigenvalue weighted by atomic mass is 10.1. The smallest absolute Gasteiger partial charge is 0.0431 e. The van der Waals surface area contributed by atoms with Gasteiger partial charge in [-0.3, -0.25) is 0 Å². The van der Waals surface area contributed by atoms with Gasteiger partial charge < -0.3 is 10.2 Å². The van der Waals surface area contributed by atoms with E-state index in [4.69, 9.17) is 10.2 Å². The maximum absolute atomic E-state index is 8.57. The van der Waals surface area contributed by atoms with Crippen LogP contribution in [-0.4, -0.2) is 23.4 Å². The van der Waals surface area contributed by atoms with Gasteiger partial charge >= 0.3 is 0 Å². The Morgan fingerprint density at radius 3 is 0.800 bits per heavy atom. The molecule has 0 unspecified atom stereocenters. The highest BCUT2D eigenvalue weighted by Gasteiger charge is 1.92. The molecule has 0 heterocycles. The molecule has 0 atom stereocenters. The second-order valence-corrected chi connectivity index (χ2v) is 3.98. The molecule has 0 aromatic rings. The summed E-state index contributed by atoms with van der Waals surface area (Å²) < 4.78 is 0. The van der Waals surface area contributed by atoms with Gasteiger partial charge in [0.1, 0.15) is 0 Å². The third kappa shape index (κ3) is 16.9. The summed E-state index contributed by atoms with van der Waals surface area (Å²) in [4.78, 5) is 0. The molecule has 0 fully saturated rings. The van der Waals surface area contributed by atoms with Gasteiger partial charge in [-0.05, 0) is 12.8 Å². The molecule has 0 amide bonds. The Morgan fingerprint density at radius 1 is 0.400 bits per heavy atom. The first kappa shape index (κ1) is 17.7. The topological polar surface area (TPSA) is 40.5 Å². The summed E-state index contributed by atoms with van der Waals surface area (Å²) in [5.74, 6) is 0. The summed E-state index contributed by atoms with van der Waals surface area (Å²) in [6.45, 7) is 0.697. The summed E-state index contributed by atoms with van der Waals surface area (Å²) in [7, 11) is 0. The van der Waals surface area contributed by atoms with Gasteiger partial charge in [-0.1, -0.05) is 51.4 Å². The Bertz CT molecular complexity index is 87.6. The molecule has 0 rings (SSSR count). The molecule has 0 aliphatic carbocycles. The van der Waals surface area contributed by atoms with Gasteiger partial charge in [0.15, 0.2) is 0 Å². The molecule has 0 bridgehead atoms. The van der Waals surface area contributed by atoms with Crippen LogP contribution in [-0.2, 0) is 0 Å². The van der Waals surface area contributed by atoms with Crippen LogP contribution in [0.15, 0.2) is 0 Å². The van der Waals surface area contributed by atoms with Crippen molar-refractivity contribution < 1.29 is 10.2 Å². The monoisotopic (exact) mass is 236 g/mol. The van der Waals surface area contributed by atoms with Crippen molar-refractivity contribution in [2.24, 2.45) is 0 Å². The highest BCUT2D eigenvalue weighted by molar-refractivity contribution is 7.59. The average molecular weight is 236 g/mol. The van der Waals surface area contributed by atoms with E-state index in [0.29, 0.717) is 13.2 Å². The van der Waals surface area contributed by atoms with Crippen LogP contribution in [0.4, 0.5) is 0 Å². The van der Waals surface area contributed by atoms with E-state index < -0.39 is 0 Å². The summed E-state index contributed by atoms with van der Waals surface area (Å²) in [5, 5.41) is 17.1. The van der Waals surface area contributed by atoms with Crippen LogP contribution in [0.25, 0.3) is 0 Å². The van der Waals surface area contributed by atoms with Gasteiger partial charge in [0.05, 0.1) is 0 Å². The molecule has 94 valence electrons. The fourth-order valence-corrected chi connectivity index (χ4v) is 1.64. The predicted octanol–water partition coefficient (Wildman–Crippen LogP) is 2.98. The third-order valence-corrected chi connectivity index (χ3v) is 2.57. The molecule has 2 nitrogen and oxygen atoms in total. The predicted molar refractivity (Wildman–Crippen MR) is 70.7 cm³/mol. The summed E-state index contributed by atoms with van der Waals surface area (Å²) in [6.07, 6.45) is 12.2. The van der Waals surface area contributed by atoms with Crippen molar-refractivity contribution in [1.82, 2.24) is 0 Å². The second kappa shape index (κ2) is 16.7. The molecule has 0 aromatic carbocycles. The van der Waals surface area contributed by atoms with Crippen LogP contribution in [0.2, 0.25) is 0 Å². The zero-order valence-corrected chi connectivity index (χ0v) is 10.9. The normalized spacial score (nSPS) is 10.0. The molecular formula is C12H28O2S. The first-order valence-corrected chi connectivity index (χ1v) is 6.13. The van der Waals surface area contributed by atoms with E-state index in [2.05, 4.69) is 0 Å². The second-order valence-electron chi connectivity index (χ2n) is 3.98. The van der Waals surface area contributed by atoms with Crippen LogP contribution < -0.4 is 0 Å². The Kier molecular flexibility index (Phi) is 19.6. The maximum atomic E-state index is 8.57. The number of aliphatic hydroxyl groups excluding tert-OH is 2. The number of rotatable bonds is 11. The van der Waals surface area contributed by atoms with Crippen molar-refractivity contribution in [2.75, 3.05) is 13.2 Å². The lowest BCUT2D eigenvalue weighted by Gasteiger charge is -2.01. The summed E-state index contributed by atoms with van der Waals surface area (Å²) in [5.41, 5.74) is 0.